The third-order valence-corrected chi connectivity index (χ3v) is 6.16. The highest BCUT2D eigenvalue weighted by molar-refractivity contribution is 7.91. The van der Waals surface area contributed by atoms with Crippen LogP contribution in [0.4, 0.5) is 5.69 Å². The highest BCUT2D eigenvalue weighted by Crippen LogP contribution is 2.16. The van der Waals surface area contributed by atoms with Crippen LogP contribution in [0.1, 0.15) is 12.8 Å². The lowest BCUT2D eigenvalue weighted by Crippen LogP contribution is -2.41. The van der Waals surface area contributed by atoms with Gasteiger partial charge < -0.3 is 10.2 Å². The topological polar surface area (TPSA) is 69.7 Å². The number of para-hydroxylation sites is 1. The summed E-state index contributed by atoms with van der Waals surface area (Å²) in [7, 11) is 0.935. The van der Waals surface area contributed by atoms with E-state index in [9.17, 15) is 13.2 Å². The van der Waals surface area contributed by atoms with E-state index >= 15 is 0 Å². The zero-order valence-electron chi connectivity index (χ0n) is 14.4. The fourth-order valence-electron chi connectivity index (χ4n) is 2.89. The highest BCUT2D eigenvalue weighted by Gasteiger charge is 2.31. The van der Waals surface area contributed by atoms with Crippen molar-refractivity contribution >= 4 is 21.4 Å². The van der Waals surface area contributed by atoms with Crippen molar-refractivity contribution in [3.63, 3.8) is 0 Å². The van der Waals surface area contributed by atoms with E-state index < -0.39 is 9.84 Å². The quantitative estimate of drug-likeness (QED) is 0.699. The van der Waals surface area contributed by atoms with Gasteiger partial charge in [0, 0.05) is 31.9 Å². The van der Waals surface area contributed by atoms with E-state index in [2.05, 4.69) is 22.3 Å². The van der Waals surface area contributed by atoms with Gasteiger partial charge in [0.2, 0.25) is 5.91 Å². The minimum Gasteiger partial charge on any atom is -0.375 e. The fourth-order valence-corrected chi connectivity index (χ4v) is 4.70. The Kier molecular flexibility index (Phi) is 6.62. The lowest BCUT2D eigenvalue weighted by atomic mass is 10.2. The number of benzene rings is 1. The van der Waals surface area contributed by atoms with Gasteiger partial charge in [0.15, 0.2) is 9.84 Å². The summed E-state index contributed by atoms with van der Waals surface area (Å²) in [5.74, 6) is 0.345. The molecule has 1 N–H and O–H groups in total. The number of carbonyl (C=O) groups is 1. The number of likely N-dealkylation sites (N-methyl/N-ethyl adjacent to an activating group) is 1. The van der Waals surface area contributed by atoms with Crippen LogP contribution in [0.2, 0.25) is 0 Å². The average Bonchev–Trinajstić information content (AvgIpc) is 2.92. The van der Waals surface area contributed by atoms with Crippen LogP contribution in [0.5, 0.6) is 0 Å². The van der Waals surface area contributed by atoms with Gasteiger partial charge in [-0.25, -0.2) is 8.42 Å². The Morgan fingerprint density at radius 3 is 2.58 bits per heavy atom. The molecule has 1 aromatic rings. The maximum atomic E-state index is 12.0. The number of hydrogen-bond donors (Lipinski definition) is 1. The van der Waals surface area contributed by atoms with E-state index in [4.69, 9.17) is 0 Å². The molecule has 1 atom stereocenters. The lowest BCUT2D eigenvalue weighted by molar-refractivity contribution is -0.122. The average molecular weight is 353 g/mol. The molecule has 0 bridgehead atoms. The summed E-state index contributed by atoms with van der Waals surface area (Å²) in [6.45, 7) is 1.72. The van der Waals surface area contributed by atoms with Crippen LogP contribution in [-0.2, 0) is 14.6 Å². The Hall–Kier alpha value is -1.60. The van der Waals surface area contributed by atoms with Crippen molar-refractivity contribution in [2.75, 3.05) is 50.1 Å². The number of nitrogens with one attached hydrogen (secondary N) is 1. The summed E-state index contributed by atoms with van der Waals surface area (Å²) in [4.78, 5) is 16.0. The van der Waals surface area contributed by atoms with Gasteiger partial charge in [-0.05, 0) is 32.0 Å². The number of hydrogen-bond acceptors (Lipinski definition) is 5. The third-order valence-electron chi connectivity index (χ3n) is 4.41. The van der Waals surface area contributed by atoms with Gasteiger partial charge in [0.1, 0.15) is 0 Å². The number of amides is 1. The molecule has 0 saturated carbocycles. The van der Waals surface area contributed by atoms with Crippen molar-refractivity contribution in [2.24, 2.45) is 0 Å². The van der Waals surface area contributed by atoms with Gasteiger partial charge in [-0.3, -0.25) is 9.69 Å². The summed E-state index contributed by atoms with van der Waals surface area (Å²) in [6.07, 6.45) is 1.48. The molecule has 1 saturated heterocycles. The van der Waals surface area contributed by atoms with Gasteiger partial charge in [0.25, 0.3) is 0 Å². The summed E-state index contributed by atoms with van der Waals surface area (Å²) < 4.78 is 23.0. The zero-order valence-corrected chi connectivity index (χ0v) is 15.3. The number of carbonyl (C=O) groups excluding carboxylic acids is 1. The van der Waals surface area contributed by atoms with E-state index in [0.717, 1.165) is 18.7 Å². The number of rotatable bonds is 8. The zero-order chi connectivity index (χ0) is 17.6. The van der Waals surface area contributed by atoms with Crippen molar-refractivity contribution in [3.05, 3.63) is 30.3 Å². The minimum absolute atomic E-state index is 0.0371. The summed E-state index contributed by atoms with van der Waals surface area (Å²) in [5.41, 5.74) is 1.16. The molecule has 0 aromatic heterocycles. The molecular formula is C17H27N3O3S. The molecule has 134 valence electrons. The van der Waals surface area contributed by atoms with E-state index in [1.54, 1.807) is 0 Å². The van der Waals surface area contributed by atoms with E-state index in [1.165, 1.54) is 0 Å². The molecule has 0 radical (unpaired) electrons. The van der Waals surface area contributed by atoms with Gasteiger partial charge in [0.05, 0.1) is 18.1 Å². The molecule has 1 amide bonds. The van der Waals surface area contributed by atoms with Gasteiger partial charge in [-0.15, -0.1) is 0 Å². The van der Waals surface area contributed by atoms with Crippen LogP contribution in [-0.4, -0.2) is 70.5 Å². The van der Waals surface area contributed by atoms with Crippen LogP contribution >= 0.6 is 0 Å². The first kappa shape index (κ1) is 18.7. The second-order valence-electron chi connectivity index (χ2n) is 6.43. The van der Waals surface area contributed by atoms with Crippen molar-refractivity contribution in [1.29, 1.82) is 0 Å². The molecule has 1 aliphatic heterocycles. The van der Waals surface area contributed by atoms with Crippen molar-refractivity contribution in [2.45, 2.75) is 18.9 Å². The molecule has 0 spiro atoms. The lowest BCUT2D eigenvalue weighted by Gasteiger charge is -2.22. The number of sulfone groups is 1. The van der Waals surface area contributed by atoms with Crippen LogP contribution in [0.3, 0.4) is 0 Å². The Morgan fingerprint density at radius 1 is 1.25 bits per heavy atom. The van der Waals surface area contributed by atoms with Crippen LogP contribution in [0.25, 0.3) is 0 Å². The Morgan fingerprint density at radius 2 is 1.96 bits per heavy atom. The minimum atomic E-state index is -2.91. The molecule has 0 aliphatic carbocycles. The SMILES string of the molecule is CN(CCCNC(=O)CN(C)[C@H]1CCS(=O)(=O)C1)c1ccccc1. The van der Waals surface area contributed by atoms with E-state index in [0.29, 0.717) is 13.0 Å². The number of nitrogens with zero attached hydrogens (tertiary/aromatic N) is 2. The number of anilines is 1. The van der Waals surface area contributed by atoms with Crippen molar-refractivity contribution in [3.8, 4) is 0 Å². The summed E-state index contributed by atoms with van der Waals surface area (Å²) in [6, 6.07) is 10.1. The normalized spacial score (nSPS) is 19.4. The van der Waals surface area contributed by atoms with Gasteiger partial charge >= 0.3 is 0 Å². The third kappa shape index (κ3) is 5.79. The molecule has 2 rings (SSSR count). The molecule has 24 heavy (non-hydrogen) atoms. The maximum Gasteiger partial charge on any atom is 0.234 e. The molecule has 1 aromatic carbocycles. The predicted molar refractivity (Wildman–Crippen MR) is 97.0 cm³/mol. The van der Waals surface area contributed by atoms with Crippen LogP contribution in [0, 0.1) is 0 Å². The van der Waals surface area contributed by atoms with Gasteiger partial charge in [-0.1, -0.05) is 18.2 Å². The molecule has 1 heterocycles. The monoisotopic (exact) mass is 353 g/mol. The first-order chi connectivity index (χ1) is 11.4. The van der Waals surface area contributed by atoms with E-state index in [1.807, 2.05) is 37.2 Å². The summed E-state index contributed by atoms with van der Waals surface area (Å²) in [5, 5.41) is 2.91. The van der Waals surface area contributed by atoms with Gasteiger partial charge in [-0.2, -0.15) is 0 Å². The van der Waals surface area contributed by atoms with Crippen molar-refractivity contribution < 1.29 is 13.2 Å². The molecule has 1 fully saturated rings. The summed E-state index contributed by atoms with van der Waals surface area (Å²) >= 11 is 0. The second-order valence-corrected chi connectivity index (χ2v) is 8.66. The second kappa shape index (κ2) is 8.48. The highest BCUT2D eigenvalue weighted by atomic mass is 32.2. The van der Waals surface area contributed by atoms with Crippen LogP contribution < -0.4 is 10.2 Å². The molecular weight excluding hydrogens is 326 g/mol. The predicted octanol–water partition coefficient (Wildman–Crippen LogP) is 0.748. The van der Waals surface area contributed by atoms with Crippen molar-refractivity contribution in [1.82, 2.24) is 10.2 Å². The fraction of sp³-hybridized carbons (Fsp3) is 0.588. The maximum absolute atomic E-state index is 12.0. The van der Waals surface area contributed by atoms with E-state index in [-0.39, 0.29) is 30.0 Å². The molecule has 7 heteroatoms. The Balaban J connectivity index is 1.63. The Labute approximate surface area is 144 Å². The first-order valence-corrected chi connectivity index (χ1v) is 10.1. The molecule has 1 aliphatic rings. The largest absolute Gasteiger partial charge is 0.375 e. The Bertz CT molecular complexity index is 634. The molecule has 0 unspecified atom stereocenters. The molecule has 6 nitrogen and oxygen atoms in total. The smallest absolute Gasteiger partial charge is 0.234 e. The van der Waals surface area contributed by atoms with Crippen LogP contribution in [0.15, 0.2) is 30.3 Å². The standard InChI is InChI=1S/C17H27N3O3S/c1-19(15-7-4-3-5-8-15)11-6-10-18-17(21)13-20(2)16-9-12-24(22,23)14-16/h3-5,7-8,16H,6,9-14H2,1-2H3,(H,18,21)/t16-/m0/s1. The first-order valence-electron chi connectivity index (χ1n) is 8.31.